The summed E-state index contributed by atoms with van der Waals surface area (Å²) in [7, 11) is 0. The van der Waals surface area contributed by atoms with Crippen LogP contribution in [0.25, 0.3) is 32.5 Å². The number of thiophene rings is 1. The topological polar surface area (TPSA) is 12.9 Å². The average molecular weight is 327 g/mol. The van der Waals surface area contributed by atoms with Crippen LogP contribution in [-0.2, 0) is 12.8 Å². The van der Waals surface area contributed by atoms with Crippen molar-refractivity contribution in [2.24, 2.45) is 0 Å². The van der Waals surface area contributed by atoms with Crippen molar-refractivity contribution >= 4 is 21.4 Å². The normalized spacial score (nSPS) is 13.3. The molecule has 0 saturated carbocycles. The molecule has 5 rings (SSSR count). The number of nitrogens with zero attached hydrogens (tertiary/aromatic N) is 1. The number of hydrogen-bond acceptors (Lipinski definition) is 2. The molecule has 2 aromatic carbocycles. The molecule has 116 valence electrons. The Kier molecular flexibility index (Phi) is 3.24. The molecule has 4 aromatic rings. The van der Waals surface area contributed by atoms with Crippen LogP contribution >= 0.6 is 11.3 Å². The molecule has 0 N–H and O–H groups in total. The van der Waals surface area contributed by atoms with Crippen LogP contribution in [0.3, 0.4) is 0 Å². The number of rotatable bonds is 2. The van der Waals surface area contributed by atoms with Crippen molar-refractivity contribution in [3.63, 3.8) is 0 Å². The van der Waals surface area contributed by atoms with Gasteiger partial charge in [0.15, 0.2) is 0 Å². The minimum absolute atomic E-state index is 1.09. The van der Waals surface area contributed by atoms with Crippen LogP contribution < -0.4 is 0 Å². The van der Waals surface area contributed by atoms with Crippen LogP contribution in [0.4, 0.5) is 0 Å². The first-order valence-corrected chi connectivity index (χ1v) is 9.31. The molecule has 0 fully saturated rings. The quantitative estimate of drug-likeness (QED) is 0.432. The molecule has 0 radical (unpaired) electrons. The molecule has 1 nitrogen and oxygen atoms in total. The Bertz CT molecular complexity index is 1040. The maximum absolute atomic E-state index is 4.72. The van der Waals surface area contributed by atoms with Crippen molar-refractivity contribution in [2.75, 3.05) is 0 Å². The van der Waals surface area contributed by atoms with Gasteiger partial charge in [-0.25, -0.2) is 0 Å². The number of fused-ring (bicyclic) bond motifs is 2. The number of hydrogen-bond donors (Lipinski definition) is 0. The van der Waals surface area contributed by atoms with Crippen LogP contribution in [0.15, 0.2) is 66.2 Å². The van der Waals surface area contributed by atoms with E-state index in [0.717, 1.165) is 5.69 Å². The van der Waals surface area contributed by atoms with Gasteiger partial charge in [0.05, 0.1) is 5.69 Å². The fraction of sp³-hybridized carbons (Fsp3) is 0.136. The average Bonchev–Trinajstić information content (AvgIpc) is 3.29. The third-order valence-corrected chi connectivity index (χ3v) is 5.83. The van der Waals surface area contributed by atoms with E-state index in [4.69, 9.17) is 4.98 Å². The van der Waals surface area contributed by atoms with E-state index in [9.17, 15) is 0 Å². The minimum Gasteiger partial charge on any atom is -0.256 e. The summed E-state index contributed by atoms with van der Waals surface area (Å²) in [5.41, 5.74) is 7.79. The Morgan fingerprint density at radius 1 is 0.833 bits per heavy atom. The second-order valence-electron chi connectivity index (χ2n) is 6.41. The molecule has 1 aliphatic carbocycles. The zero-order valence-electron chi connectivity index (χ0n) is 13.3. The van der Waals surface area contributed by atoms with E-state index in [1.165, 1.54) is 57.2 Å². The van der Waals surface area contributed by atoms with Crippen molar-refractivity contribution in [3.05, 3.63) is 77.3 Å². The number of benzene rings is 2. The highest BCUT2D eigenvalue weighted by molar-refractivity contribution is 7.17. The van der Waals surface area contributed by atoms with Gasteiger partial charge >= 0.3 is 0 Å². The van der Waals surface area contributed by atoms with Gasteiger partial charge in [-0.1, -0.05) is 30.3 Å². The second kappa shape index (κ2) is 5.57. The zero-order valence-corrected chi connectivity index (χ0v) is 14.1. The third kappa shape index (κ3) is 2.26. The molecule has 0 amide bonds. The van der Waals surface area contributed by atoms with Crippen molar-refractivity contribution < 1.29 is 0 Å². The largest absolute Gasteiger partial charge is 0.256 e. The van der Waals surface area contributed by atoms with E-state index in [1.54, 1.807) is 11.3 Å². The molecule has 1 aliphatic rings. The Hall–Kier alpha value is -2.45. The summed E-state index contributed by atoms with van der Waals surface area (Å²) in [5.74, 6) is 0. The van der Waals surface area contributed by atoms with Crippen LogP contribution in [-0.4, -0.2) is 4.98 Å². The molecular weight excluding hydrogens is 310 g/mol. The van der Waals surface area contributed by atoms with Crippen molar-refractivity contribution in [2.45, 2.75) is 19.3 Å². The fourth-order valence-corrected chi connectivity index (χ4v) is 4.54. The van der Waals surface area contributed by atoms with Gasteiger partial charge in [0.1, 0.15) is 0 Å². The first-order valence-electron chi connectivity index (χ1n) is 8.43. The van der Waals surface area contributed by atoms with E-state index in [2.05, 4.69) is 53.9 Å². The van der Waals surface area contributed by atoms with E-state index >= 15 is 0 Å². The molecule has 0 aliphatic heterocycles. The predicted octanol–water partition coefficient (Wildman–Crippen LogP) is 6.12. The number of pyridine rings is 1. The molecular formula is C22H17NS. The van der Waals surface area contributed by atoms with Gasteiger partial charge in [0.25, 0.3) is 0 Å². The highest BCUT2D eigenvalue weighted by atomic mass is 32.1. The first-order chi connectivity index (χ1) is 11.9. The smallest absolute Gasteiger partial charge is 0.0780 e. The minimum atomic E-state index is 1.09. The Morgan fingerprint density at radius 2 is 1.75 bits per heavy atom. The summed E-state index contributed by atoms with van der Waals surface area (Å²) in [6, 6.07) is 20.0. The monoisotopic (exact) mass is 327 g/mol. The van der Waals surface area contributed by atoms with Gasteiger partial charge in [-0.3, -0.25) is 4.98 Å². The van der Waals surface area contributed by atoms with Gasteiger partial charge in [-0.05, 0) is 71.0 Å². The zero-order chi connectivity index (χ0) is 15.9. The van der Waals surface area contributed by atoms with Crippen molar-refractivity contribution in [1.29, 1.82) is 0 Å². The van der Waals surface area contributed by atoms with E-state index in [-0.39, 0.29) is 0 Å². The fourth-order valence-electron chi connectivity index (χ4n) is 3.71. The Balaban J connectivity index is 1.67. The summed E-state index contributed by atoms with van der Waals surface area (Å²) in [6.45, 7) is 0. The molecule has 2 heteroatoms. The highest BCUT2D eigenvalue weighted by Gasteiger charge is 2.14. The number of aryl methyl sites for hydroxylation is 2. The maximum Gasteiger partial charge on any atom is 0.0780 e. The molecule has 2 heterocycles. The first kappa shape index (κ1) is 13.9. The van der Waals surface area contributed by atoms with Crippen molar-refractivity contribution in [3.8, 4) is 22.4 Å². The summed E-state index contributed by atoms with van der Waals surface area (Å²) in [6.07, 6.45) is 5.60. The molecule has 0 saturated heterocycles. The van der Waals surface area contributed by atoms with E-state index in [0.29, 0.717) is 0 Å². The maximum atomic E-state index is 4.72. The van der Waals surface area contributed by atoms with Crippen LogP contribution in [0, 0.1) is 0 Å². The third-order valence-electron chi connectivity index (χ3n) is 4.95. The molecule has 0 bridgehead atoms. The lowest BCUT2D eigenvalue weighted by Gasteiger charge is -2.11. The highest BCUT2D eigenvalue weighted by Crippen LogP contribution is 2.35. The van der Waals surface area contributed by atoms with Gasteiger partial charge in [0, 0.05) is 22.0 Å². The molecule has 0 atom stereocenters. The predicted molar refractivity (Wildman–Crippen MR) is 103 cm³/mol. The SMILES string of the molecule is c1cnc(-c2ccc3c(c2)CCC3)c(-c2ccc3ccsc3c2)c1. The van der Waals surface area contributed by atoms with Gasteiger partial charge < -0.3 is 0 Å². The second-order valence-corrected chi connectivity index (χ2v) is 7.36. The lowest BCUT2D eigenvalue weighted by molar-refractivity contribution is 0.912. The number of aromatic nitrogens is 1. The standard InChI is InChI=1S/C22H17NS/c1-3-15-6-9-19(13-17(15)4-1)22-20(5-2-11-23-22)18-8-7-16-10-12-24-21(16)14-18/h2,5-14H,1,3-4H2. The lowest BCUT2D eigenvalue weighted by atomic mass is 9.97. The summed E-state index contributed by atoms with van der Waals surface area (Å²) in [5, 5.41) is 3.46. The molecule has 2 aromatic heterocycles. The summed E-state index contributed by atoms with van der Waals surface area (Å²) in [4.78, 5) is 4.72. The van der Waals surface area contributed by atoms with E-state index < -0.39 is 0 Å². The van der Waals surface area contributed by atoms with Gasteiger partial charge in [0.2, 0.25) is 0 Å². The van der Waals surface area contributed by atoms with Crippen LogP contribution in [0.2, 0.25) is 0 Å². The van der Waals surface area contributed by atoms with Gasteiger partial charge in [-0.2, -0.15) is 0 Å². The summed E-state index contributed by atoms with van der Waals surface area (Å²) >= 11 is 1.79. The molecule has 0 unspecified atom stereocenters. The summed E-state index contributed by atoms with van der Waals surface area (Å²) < 4.78 is 1.33. The van der Waals surface area contributed by atoms with E-state index in [1.807, 2.05) is 12.3 Å². The molecule has 24 heavy (non-hydrogen) atoms. The molecule has 0 spiro atoms. The van der Waals surface area contributed by atoms with Crippen molar-refractivity contribution in [1.82, 2.24) is 4.98 Å². The lowest BCUT2D eigenvalue weighted by Crippen LogP contribution is -1.91. The van der Waals surface area contributed by atoms with Gasteiger partial charge in [-0.15, -0.1) is 11.3 Å². The Morgan fingerprint density at radius 3 is 2.75 bits per heavy atom. The van der Waals surface area contributed by atoms with Crippen LogP contribution in [0.5, 0.6) is 0 Å². The van der Waals surface area contributed by atoms with Crippen LogP contribution in [0.1, 0.15) is 17.5 Å². The Labute approximate surface area is 145 Å².